The summed E-state index contributed by atoms with van der Waals surface area (Å²) in [5.41, 5.74) is 0.665. The van der Waals surface area contributed by atoms with Crippen molar-refractivity contribution in [3.63, 3.8) is 0 Å². The first-order chi connectivity index (χ1) is 10.8. The van der Waals surface area contributed by atoms with Gasteiger partial charge in [-0.05, 0) is 38.5 Å². The lowest BCUT2D eigenvalue weighted by atomic mass is 10.1. The Balaban J connectivity index is 2.83. The first kappa shape index (κ1) is 18.7. The van der Waals surface area contributed by atoms with E-state index in [0.29, 0.717) is 22.6 Å². The number of methoxy groups -OCH3 is 2. The summed E-state index contributed by atoms with van der Waals surface area (Å²) in [6, 6.07) is 3.38. The molecular weight excluding hydrogens is 298 g/mol. The Bertz CT molecular complexity index is 583. The van der Waals surface area contributed by atoms with E-state index in [0.717, 1.165) is 0 Å². The van der Waals surface area contributed by atoms with Gasteiger partial charge in [0.25, 0.3) is 0 Å². The van der Waals surface area contributed by atoms with Crippen molar-refractivity contribution >= 4 is 6.09 Å². The lowest BCUT2D eigenvalue weighted by molar-refractivity contribution is 0.0535. The van der Waals surface area contributed by atoms with Gasteiger partial charge in [-0.2, -0.15) is 0 Å². The van der Waals surface area contributed by atoms with Crippen LogP contribution in [-0.2, 0) is 11.3 Å². The minimum atomic E-state index is -0.552. The van der Waals surface area contributed by atoms with Crippen LogP contribution in [-0.4, -0.2) is 37.6 Å². The standard InChI is InChI=1S/C17H23NO5/c1-17(2,3)23-16(20)18-8-6-7-13-14(21-4)9-12(11-19)10-15(13)22-5/h9-10,19H,8,11H2,1-5H3,(H,18,20). The van der Waals surface area contributed by atoms with Crippen LogP contribution in [0.4, 0.5) is 4.79 Å². The van der Waals surface area contributed by atoms with Gasteiger partial charge in [0.15, 0.2) is 0 Å². The number of rotatable bonds is 4. The number of hydrogen-bond acceptors (Lipinski definition) is 5. The van der Waals surface area contributed by atoms with E-state index in [4.69, 9.17) is 14.2 Å². The van der Waals surface area contributed by atoms with Crippen LogP contribution >= 0.6 is 0 Å². The zero-order valence-corrected chi connectivity index (χ0v) is 14.1. The van der Waals surface area contributed by atoms with Crippen LogP contribution in [0.25, 0.3) is 0 Å². The number of ether oxygens (including phenoxy) is 3. The summed E-state index contributed by atoms with van der Waals surface area (Å²) in [7, 11) is 3.03. The quantitative estimate of drug-likeness (QED) is 0.830. The number of carbonyl (C=O) groups is 1. The van der Waals surface area contributed by atoms with Gasteiger partial charge in [-0.25, -0.2) is 4.79 Å². The molecule has 2 N–H and O–H groups in total. The smallest absolute Gasteiger partial charge is 0.408 e. The zero-order chi connectivity index (χ0) is 17.5. The average Bonchev–Trinajstić information content (AvgIpc) is 2.49. The van der Waals surface area contributed by atoms with Crippen LogP contribution < -0.4 is 14.8 Å². The molecule has 0 aliphatic rings. The third kappa shape index (κ3) is 6.09. The first-order valence-electron chi connectivity index (χ1n) is 7.12. The summed E-state index contributed by atoms with van der Waals surface area (Å²) in [5.74, 6) is 6.72. The van der Waals surface area contributed by atoms with E-state index in [1.165, 1.54) is 14.2 Å². The van der Waals surface area contributed by atoms with Crippen molar-refractivity contribution in [1.29, 1.82) is 0 Å². The molecule has 0 aliphatic heterocycles. The number of carbonyl (C=O) groups excluding carboxylic acids is 1. The van der Waals surface area contributed by atoms with E-state index in [1.54, 1.807) is 32.9 Å². The van der Waals surface area contributed by atoms with Crippen molar-refractivity contribution in [2.45, 2.75) is 33.0 Å². The van der Waals surface area contributed by atoms with E-state index < -0.39 is 11.7 Å². The Morgan fingerprint density at radius 2 is 1.78 bits per heavy atom. The van der Waals surface area contributed by atoms with Gasteiger partial charge in [0.2, 0.25) is 0 Å². The molecule has 0 heterocycles. The highest BCUT2D eigenvalue weighted by atomic mass is 16.6. The molecule has 0 saturated heterocycles. The second-order valence-electron chi connectivity index (χ2n) is 5.69. The average molecular weight is 321 g/mol. The van der Waals surface area contributed by atoms with Gasteiger partial charge in [0.1, 0.15) is 22.7 Å². The molecule has 0 aliphatic carbocycles. The van der Waals surface area contributed by atoms with Gasteiger partial charge in [-0.1, -0.05) is 11.8 Å². The van der Waals surface area contributed by atoms with Crippen molar-refractivity contribution in [1.82, 2.24) is 5.32 Å². The maximum absolute atomic E-state index is 11.5. The van der Waals surface area contributed by atoms with Gasteiger partial charge >= 0.3 is 6.09 Å². The predicted octanol–water partition coefficient (Wildman–Crippen LogP) is 2.07. The predicted molar refractivity (Wildman–Crippen MR) is 86.6 cm³/mol. The Hall–Kier alpha value is -2.39. The summed E-state index contributed by atoms with van der Waals surface area (Å²) in [6.45, 7) is 5.37. The van der Waals surface area contributed by atoms with E-state index in [-0.39, 0.29) is 13.2 Å². The van der Waals surface area contributed by atoms with Crippen LogP contribution in [0.5, 0.6) is 11.5 Å². The molecule has 0 aromatic heterocycles. The van der Waals surface area contributed by atoms with Crippen molar-refractivity contribution < 1.29 is 24.1 Å². The summed E-state index contributed by atoms with van der Waals surface area (Å²) in [5, 5.41) is 11.8. The molecule has 6 nitrogen and oxygen atoms in total. The van der Waals surface area contributed by atoms with E-state index in [1.807, 2.05) is 0 Å². The van der Waals surface area contributed by atoms with E-state index >= 15 is 0 Å². The van der Waals surface area contributed by atoms with Gasteiger partial charge in [0.05, 0.1) is 27.4 Å². The maximum Gasteiger partial charge on any atom is 0.408 e. The minimum Gasteiger partial charge on any atom is -0.495 e. The lowest BCUT2D eigenvalue weighted by Gasteiger charge is -2.19. The molecule has 6 heteroatoms. The normalized spacial score (nSPS) is 10.3. The Morgan fingerprint density at radius 1 is 1.22 bits per heavy atom. The molecule has 0 spiro atoms. The lowest BCUT2D eigenvalue weighted by Crippen LogP contribution is -2.32. The second kappa shape index (κ2) is 8.30. The highest BCUT2D eigenvalue weighted by Crippen LogP contribution is 2.29. The third-order valence-corrected chi connectivity index (χ3v) is 2.68. The second-order valence-corrected chi connectivity index (χ2v) is 5.69. The number of benzene rings is 1. The fraction of sp³-hybridized carbons (Fsp3) is 0.471. The Kier molecular flexibility index (Phi) is 6.73. The summed E-state index contributed by atoms with van der Waals surface area (Å²) < 4.78 is 15.7. The summed E-state index contributed by atoms with van der Waals surface area (Å²) in [4.78, 5) is 11.5. The molecule has 1 aromatic carbocycles. The number of aliphatic hydroxyl groups excluding tert-OH is 1. The number of aliphatic hydroxyl groups is 1. The van der Waals surface area contributed by atoms with Gasteiger partial charge < -0.3 is 24.6 Å². The van der Waals surface area contributed by atoms with Gasteiger partial charge in [0, 0.05) is 0 Å². The zero-order valence-electron chi connectivity index (χ0n) is 14.1. The molecule has 1 amide bonds. The van der Waals surface area contributed by atoms with Crippen molar-refractivity contribution in [3.8, 4) is 23.3 Å². The molecule has 0 atom stereocenters. The summed E-state index contributed by atoms with van der Waals surface area (Å²) >= 11 is 0. The van der Waals surface area contributed by atoms with Gasteiger partial charge in [-0.3, -0.25) is 0 Å². The van der Waals surface area contributed by atoms with Crippen LogP contribution in [0.3, 0.4) is 0 Å². The molecule has 1 rings (SSSR count). The van der Waals surface area contributed by atoms with Crippen LogP contribution in [0, 0.1) is 11.8 Å². The monoisotopic (exact) mass is 321 g/mol. The summed E-state index contributed by atoms with van der Waals surface area (Å²) in [6.07, 6.45) is -0.527. The number of hydrogen-bond donors (Lipinski definition) is 2. The van der Waals surface area contributed by atoms with Crippen molar-refractivity contribution in [3.05, 3.63) is 23.3 Å². The third-order valence-electron chi connectivity index (χ3n) is 2.68. The minimum absolute atomic E-state index is 0.124. The molecular formula is C17H23NO5. The largest absolute Gasteiger partial charge is 0.495 e. The molecule has 0 radical (unpaired) electrons. The van der Waals surface area contributed by atoms with Crippen LogP contribution in [0.15, 0.2) is 12.1 Å². The highest BCUT2D eigenvalue weighted by Gasteiger charge is 2.15. The number of nitrogens with one attached hydrogen (secondary N) is 1. The van der Waals surface area contributed by atoms with Crippen molar-refractivity contribution in [2.75, 3.05) is 20.8 Å². The van der Waals surface area contributed by atoms with E-state index in [2.05, 4.69) is 17.2 Å². The molecule has 126 valence electrons. The fourth-order valence-corrected chi connectivity index (χ4v) is 1.74. The molecule has 23 heavy (non-hydrogen) atoms. The fourth-order valence-electron chi connectivity index (χ4n) is 1.74. The molecule has 0 unspecified atom stereocenters. The topological polar surface area (TPSA) is 77.0 Å². The molecule has 0 saturated carbocycles. The Morgan fingerprint density at radius 3 is 2.22 bits per heavy atom. The molecule has 0 bridgehead atoms. The van der Waals surface area contributed by atoms with Crippen LogP contribution in [0.2, 0.25) is 0 Å². The number of amides is 1. The maximum atomic E-state index is 11.5. The van der Waals surface area contributed by atoms with Crippen molar-refractivity contribution in [2.24, 2.45) is 0 Å². The Labute approximate surface area is 136 Å². The van der Waals surface area contributed by atoms with Gasteiger partial charge in [-0.15, -0.1) is 0 Å². The van der Waals surface area contributed by atoms with Crippen LogP contribution in [0.1, 0.15) is 31.9 Å². The first-order valence-corrected chi connectivity index (χ1v) is 7.12. The molecule has 0 fully saturated rings. The SMILES string of the molecule is COc1cc(CO)cc(OC)c1C#CCNC(=O)OC(C)(C)C. The highest BCUT2D eigenvalue weighted by molar-refractivity contribution is 5.68. The van der Waals surface area contributed by atoms with E-state index in [9.17, 15) is 9.90 Å². The molecule has 1 aromatic rings. The number of alkyl carbamates (subject to hydrolysis) is 1.